The third-order valence-corrected chi connectivity index (χ3v) is 4.68. The SMILES string of the molecule is CCCN(C)C(=O)c1cccc2c1CCN2C(=O)Nc1cccc(C)c1. The second kappa shape index (κ2) is 7.60. The van der Waals surface area contributed by atoms with Crippen molar-refractivity contribution in [3.63, 3.8) is 0 Å². The molecule has 0 atom stereocenters. The number of benzene rings is 2. The fourth-order valence-electron chi connectivity index (χ4n) is 3.40. The van der Waals surface area contributed by atoms with Crippen LogP contribution in [0.4, 0.5) is 16.2 Å². The van der Waals surface area contributed by atoms with E-state index in [1.54, 1.807) is 9.80 Å². The van der Waals surface area contributed by atoms with Gasteiger partial charge in [0, 0.05) is 37.1 Å². The summed E-state index contributed by atoms with van der Waals surface area (Å²) in [6, 6.07) is 13.2. The van der Waals surface area contributed by atoms with E-state index in [1.165, 1.54) is 0 Å². The van der Waals surface area contributed by atoms with Gasteiger partial charge in [-0.1, -0.05) is 25.1 Å². The van der Waals surface area contributed by atoms with Gasteiger partial charge >= 0.3 is 6.03 Å². The van der Waals surface area contributed by atoms with Crippen LogP contribution in [0.2, 0.25) is 0 Å². The minimum Gasteiger partial charge on any atom is -0.342 e. The van der Waals surface area contributed by atoms with E-state index in [0.29, 0.717) is 18.5 Å². The van der Waals surface area contributed by atoms with Crippen molar-refractivity contribution in [3.8, 4) is 0 Å². The molecule has 0 saturated heterocycles. The lowest BCUT2D eigenvalue weighted by Crippen LogP contribution is -2.33. The summed E-state index contributed by atoms with van der Waals surface area (Å²) >= 11 is 0. The summed E-state index contributed by atoms with van der Waals surface area (Å²) in [5, 5.41) is 2.95. The summed E-state index contributed by atoms with van der Waals surface area (Å²) in [5.41, 5.74) is 4.35. The second-order valence-electron chi connectivity index (χ2n) is 6.73. The number of carbonyl (C=O) groups is 2. The first-order chi connectivity index (χ1) is 12.5. The Labute approximate surface area is 154 Å². The zero-order valence-corrected chi connectivity index (χ0v) is 15.6. The van der Waals surface area contributed by atoms with Crippen molar-refractivity contribution in [1.29, 1.82) is 0 Å². The molecular weight excluding hydrogens is 326 g/mol. The number of fused-ring (bicyclic) bond motifs is 1. The lowest BCUT2D eigenvalue weighted by Gasteiger charge is -2.20. The van der Waals surface area contributed by atoms with Crippen LogP contribution in [-0.4, -0.2) is 37.0 Å². The van der Waals surface area contributed by atoms with Crippen LogP contribution in [-0.2, 0) is 6.42 Å². The van der Waals surface area contributed by atoms with Crippen molar-refractivity contribution in [2.75, 3.05) is 30.4 Å². The summed E-state index contributed by atoms with van der Waals surface area (Å²) < 4.78 is 0. The lowest BCUT2D eigenvalue weighted by atomic mass is 10.0. The van der Waals surface area contributed by atoms with Crippen LogP contribution in [0.3, 0.4) is 0 Å². The molecule has 1 N–H and O–H groups in total. The first-order valence-corrected chi connectivity index (χ1v) is 9.03. The van der Waals surface area contributed by atoms with Crippen LogP contribution in [0.25, 0.3) is 0 Å². The monoisotopic (exact) mass is 351 g/mol. The van der Waals surface area contributed by atoms with E-state index in [-0.39, 0.29) is 11.9 Å². The Kier molecular flexibility index (Phi) is 5.26. The number of carbonyl (C=O) groups excluding carboxylic acids is 2. The molecule has 26 heavy (non-hydrogen) atoms. The summed E-state index contributed by atoms with van der Waals surface area (Å²) in [5.74, 6) is 0.0182. The number of nitrogens with zero attached hydrogens (tertiary/aromatic N) is 2. The normalized spacial score (nSPS) is 12.7. The van der Waals surface area contributed by atoms with Gasteiger partial charge in [-0.3, -0.25) is 9.69 Å². The van der Waals surface area contributed by atoms with Crippen molar-refractivity contribution in [2.24, 2.45) is 0 Å². The number of rotatable bonds is 4. The number of amides is 3. The van der Waals surface area contributed by atoms with Crippen molar-refractivity contribution in [2.45, 2.75) is 26.7 Å². The van der Waals surface area contributed by atoms with Gasteiger partial charge in [0.25, 0.3) is 5.91 Å². The molecule has 2 aromatic carbocycles. The van der Waals surface area contributed by atoms with Gasteiger partial charge < -0.3 is 10.2 Å². The number of aryl methyl sites for hydroxylation is 1. The molecule has 1 aliphatic rings. The highest BCUT2D eigenvalue weighted by Crippen LogP contribution is 2.32. The number of hydrogen-bond acceptors (Lipinski definition) is 2. The first-order valence-electron chi connectivity index (χ1n) is 9.03. The largest absolute Gasteiger partial charge is 0.342 e. The molecule has 3 amide bonds. The minimum absolute atomic E-state index is 0.0182. The summed E-state index contributed by atoms with van der Waals surface area (Å²) in [6.45, 7) is 5.34. The molecule has 5 heteroatoms. The molecule has 0 unspecified atom stereocenters. The smallest absolute Gasteiger partial charge is 0.326 e. The third-order valence-electron chi connectivity index (χ3n) is 4.68. The molecule has 0 aromatic heterocycles. The van der Waals surface area contributed by atoms with Crippen molar-refractivity contribution >= 4 is 23.3 Å². The Morgan fingerprint density at radius 1 is 1.19 bits per heavy atom. The third kappa shape index (κ3) is 3.57. The highest BCUT2D eigenvalue weighted by atomic mass is 16.2. The first kappa shape index (κ1) is 18.0. The zero-order valence-electron chi connectivity index (χ0n) is 15.6. The summed E-state index contributed by atoms with van der Waals surface area (Å²) in [7, 11) is 1.82. The van der Waals surface area contributed by atoms with Gasteiger partial charge in [0.1, 0.15) is 0 Å². The average molecular weight is 351 g/mol. The maximum atomic E-state index is 12.7. The molecule has 1 aliphatic heterocycles. The number of urea groups is 1. The van der Waals surface area contributed by atoms with Crippen LogP contribution in [0.15, 0.2) is 42.5 Å². The molecule has 0 spiro atoms. The molecule has 0 aliphatic carbocycles. The van der Waals surface area contributed by atoms with Gasteiger partial charge in [0.15, 0.2) is 0 Å². The summed E-state index contributed by atoms with van der Waals surface area (Å²) in [6.07, 6.45) is 1.61. The topological polar surface area (TPSA) is 52.7 Å². The van der Waals surface area contributed by atoms with E-state index in [4.69, 9.17) is 0 Å². The Morgan fingerprint density at radius 3 is 2.69 bits per heavy atom. The van der Waals surface area contributed by atoms with Crippen molar-refractivity contribution < 1.29 is 9.59 Å². The fourth-order valence-corrected chi connectivity index (χ4v) is 3.40. The molecule has 0 saturated carbocycles. The Hall–Kier alpha value is -2.82. The molecule has 1 heterocycles. The standard InChI is InChI=1S/C21H25N3O2/c1-4-12-23(3)20(25)18-9-6-10-19-17(18)11-13-24(19)21(26)22-16-8-5-7-15(2)14-16/h5-10,14H,4,11-13H2,1-3H3,(H,22,26). The second-order valence-corrected chi connectivity index (χ2v) is 6.73. The van der Waals surface area contributed by atoms with E-state index >= 15 is 0 Å². The number of hydrogen-bond donors (Lipinski definition) is 1. The average Bonchev–Trinajstić information content (AvgIpc) is 3.05. The molecule has 136 valence electrons. The van der Waals surface area contributed by atoms with Crippen LogP contribution >= 0.6 is 0 Å². The van der Waals surface area contributed by atoms with Crippen molar-refractivity contribution in [3.05, 3.63) is 59.2 Å². The number of anilines is 2. The van der Waals surface area contributed by atoms with Gasteiger partial charge in [0.2, 0.25) is 0 Å². The minimum atomic E-state index is -0.166. The molecular formula is C21H25N3O2. The maximum absolute atomic E-state index is 12.7. The van der Waals surface area contributed by atoms with Crippen LogP contribution < -0.4 is 10.2 Å². The fraction of sp³-hybridized carbons (Fsp3) is 0.333. The molecule has 0 radical (unpaired) electrons. The molecule has 0 fully saturated rings. The molecule has 5 nitrogen and oxygen atoms in total. The predicted octanol–water partition coefficient (Wildman–Crippen LogP) is 4.07. The summed E-state index contributed by atoms with van der Waals surface area (Å²) in [4.78, 5) is 28.9. The van der Waals surface area contributed by atoms with Crippen LogP contribution in [0.1, 0.15) is 34.8 Å². The quantitative estimate of drug-likeness (QED) is 0.903. The van der Waals surface area contributed by atoms with Crippen LogP contribution in [0.5, 0.6) is 0 Å². The molecule has 0 bridgehead atoms. The predicted molar refractivity (Wildman–Crippen MR) is 105 cm³/mol. The van der Waals surface area contributed by atoms with Gasteiger partial charge in [-0.15, -0.1) is 0 Å². The van der Waals surface area contributed by atoms with Crippen molar-refractivity contribution in [1.82, 2.24) is 4.90 Å². The zero-order chi connectivity index (χ0) is 18.7. The van der Waals surface area contributed by atoms with Crippen LogP contribution in [0, 0.1) is 6.92 Å². The lowest BCUT2D eigenvalue weighted by molar-refractivity contribution is 0.0794. The Bertz CT molecular complexity index is 832. The van der Waals surface area contributed by atoms with Gasteiger partial charge in [-0.2, -0.15) is 0 Å². The van der Waals surface area contributed by atoms with Gasteiger partial charge in [0.05, 0.1) is 0 Å². The Balaban J connectivity index is 1.82. The van der Waals surface area contributed by atoms with E-state index < -0.39 is 0 Å². The number of nitrogens with one attached hydrogen (secondary N) is 1. The van der Waals surface area contributed by atoms with Gasteiger partial charge in [-0.25, -0.2) is 4.79 Å². The van der Waals surface area contributed by atoms with E-state index in [2.05, 4.69) is 12.2 Å². The highest BCUT2D eigenvalue weighted by molar-refractivity contribution is 6.05. The van der Waals surface area contributed by atoms with Gasteiger partial charge in [-0.05, 0) is 55.2 Å². The van der Waals surface area contributed by atoms with E-state index in [0.717, 1.165) is 35.5 Å². The maximum Gasteiger partial charge on any atom is 0.326 e. The molecule has 3 rings (SSSR count). The molecule has 2 aromatic rings. The van der Waals surface area contributed by atoms with E-state index in [1.807, 2.05) is 56.4 Å². The highest BCUT2D eigenvalue weighted by Gasteiger charge is 2.29. The van der Waals surface area contributed by atoms with E-state index in [9.17, 15) is 9.59 Å². The Morgan fingerprint density at radius 2 is 1.96 bits per heavy atom.